The standard InChI is InChI=1S/C19H32N4O/c1-4-5-11-22(2)14-16-13-20-21-17(16)15-6-8-19(9-7-15)10-12-23(3)18(19)24/h13,15H,4-12,14H2,1-3H3,(H,20,21). The topological polar surface area (TPSA) is 52.2 Å². The van der Waals surface area contributed by atoms with E-state index in [2.05, 4.69) is 29.1 Å². The number of aromatic amines is 1. The van der Waals surface area contributed by atoms with E-state index in [1.54, 1.807) is 0 Å². The number of carbonyl (C=O) groups excluding carboxylic acids is 1. The predicted molar refractivity (Wildman–Crippen MR) is 95.7 cm³/mol. The van der Waals surface area contributed by atoms with E-state index in [1.165, 1.54) is 24.1 Å². The fourth-order valence-electron chi connectivity index (χ4n) is 4.52. The van der Waals surface area contributed by atoms with Crippen molar-refractivity contribution in [2.24, 2.45) is 5.41 Å². The van der Waals surface area contributed by atoms with Crippen molar-refractivity contribution in [3.8, 4) is 0 Å². The molecule has 5 nitrogen and oxygen atoms in total. The molecule has 0 atom stereocenters. The molecule has 0 unspecified atom stereocenters. The quantitative estimate of drug-likeness (QED) is 0.870. The average Bonchev–Trinajstić information content (AvgIpc) is 3.15. The van der Waals surface area contributed by atoms with E-state index < -0.39 is 0 Å². The Kier molecular flexibility index (Phi) is 5.28. The largest absolute Gasteiger partial charge is 0.345 e. The van der Waals surface area contributed by atoms with Gasteiger partial charge in [0.1, 0.15) is 0 Å². The van der Waals surface area contributed by atoms with Gasteiger partial charge in [0.15, 0.2) is 0 Å². The zero-order valence-electron chi connectivity index (χ0n) is 15.5. The first-order valence-electron chi connectivity index (χ1n) is 9.52. The summed E-state index contributed by atoms with van der Waals surface area (Å²) in [6.45, 7) is 5.27. The number of carbonyl (C=O) groups is 1. The number of H-pyrrole nitrogens is 1. The van der Waals surface area contributed by atoms with Gasteiger partial charge in [0.25, 0.3) is 0 Å². The summed E-state index contributed by atoms with van der Waals surface area (Å²) in [5, 5.41) is 7.58. The van der Waals surface area contributed by atoms with Crippen LogP contribution in [0.25, 0.3) is 0 Å². The van der Waals surface area contributed by atoms with E-state index in [4.69, 9.17) is 0 Å². The van der Waals surface area contributed by atoms with E-state index in [0.717, 1.165) is 51.7 Å². The third kappa shape index (κ3) is 3.37. The van der Waals surface area contributed by atoms with Crippen molar-refractivity contribution in [2.75, 3.05) is 27.2 Å². The van der Waals surface area contributed by atoms with Gasteiger partial charge in [0.2, 0.25) is 5.91 Å². The Balaban J connectivity index is 1.61. The molecule has 3 rings (SSSR count). The normalized spacial score (nSPS) is 27.6. The van der Waals surface area contributed by atoms with E-state index >= 15 is 0 Å². The minimum absolute atomic E-state index is 0.0522. The molecule has 1 N–H and O–H groups in total. The molecular weight excluding hydrogens is 300 g/mol. The highest BCUT2D eigenvalue weighted by atomic mass is 16.2. The lowest BCUT2D eigenvalue weighted by molar-refractivity contribution is -0.136. The fourth-order valence-corrected chi connectivity index (χ4v) is 4.52. The maximum Gasteiger partial charge on any atom is 0.228 e. The summed E-state index contributed by atoms with van der Waals surface area (Å²) in [6, 6.07) is 0. The molecule has 5 heteroatoms. The minimum atomic E-state index is -0.0522. The predicted octanol–water partition coefficient (Wildman–Crippen LogP) is 3.15. The summed E-state index contributed by atoms with van der Waals surface area (Å²) in [7, 11) is 4.14. The zero-order chi connectivity index (χ0) is 17.2. The molecule has 2 aliphatic rings. The number of nitrogens with zero attached hydrogens (tertiary/aromatic N) is 3. The first-order chi connectivity index (χ1) is 11.6. The lowest BCUT2D eigenvalue weighted by Crippen LogP contribution is -2.35. The number of nitrogens with one attached hydrogen (secondary N) is 1. The van der Waals surface area contributed by atoms with Crippen molar-refractivity contribution in [1.82, 2.24) is 20.0 Å². The molecule has 1 saturated carbocycles. The van der Waals surface area contributed by atoms with Crippen LogP contribution in [0.1, 0.15) is 69.0 Å². The zero-order valence-corrected chi connectivity index (χ0v) is 15.5. The first-order valence-corrected chi connectivity index (χ1v) is 9.52. The third-order valence-electron chi connectivity index (χ3n) is 6.16. The monoisotopic (exact) mass is 332 g/mol. The second-order valence-corrected chi connectivity index (χ2v) is 7.93. The maximum absolute atomic E-state index is 12.5. The van der Waals surface area contributed by atoms with Gasteiger partial charge in [0, 0.05) is 37.3 Å². The van der Waals surface area contributed by atoms with Crippen LogP contribution >= 0.6 is 0 Å². The Morgan fingerprint density at radius 1 is 1.38 bits per heavy atom. The second-order valence-electron chi connectivity index (χ2n) is 7.93. The molecule has 0 bridgehead atoms. The van der Waals surface area contributed by atoms with Crippen molar-refractivity contribution in [1.29, 1.82) is 0 Å². The Morgan fingerprint density at radius 3 is 2.75 bits per heavy atom. The summed E-state index contributed by atoms with van der Waals surface area (Å²) < 4.78 is 0. The average molecular weight is 332 g/mol. The van der Waals surface area contributed by atoms with Crippen LogP contribution < -0.4 is 0 Å². The summed E-state index contributed by atoms with van der Waals surface area (Å²) in [4.78, 5) is 16.8. The molecule has 1 amide bonds. The van der Waals surface area contributed by atoms with Gasteiger partial charge in [-0.3, -0.25) is 9.89 Å². The maximum atomic E-state index is 12.5. The van der Waals surface area contributed by atoms with Gasteiger partial charge in [-0.25, -0.2) is 0 Å². The number of hydrogen-bond donors (Lipinski definition) is 1. The van der Waals surface area contributed by atoms with E-state index in [1.807, 2.05) is 18.1 Å². The molecule has 134 valence electrons. The Labute approximate surface area is 145 Å². The summed E-state index contributed by atoms with van der Waals surface area (Å²) in [5.74, 6) is 0.913. The molecule has 0 aromatic carbocycles. The van der Waals surface area contributed by atoms with Crippen LogP contribution in [-0.4, -0.2) is 53.1 Å². The molecule has 0 radical (unpaired) electrons. The van der Waals surface area contributed by atoms with Crippen LogP contribution in [0.15, 0.2) is 6.20 Å². The highest BCUT2D eigenvalue weighted by molar-refractivity contribution is 5.84. The summed E-state index contributed by atoms with van der Waals surface area (Å²) in [6.07, 6.45) is 9.79. The Morgan fingerprint density at radius 2 is 2.12 bits per heavy atom. The highest BCUT2D eigenvalue weighted by Gasteiger charge is 2.47. The van der Waals surface area contributed by atoms with Gasteiger partial charge in [-0.2, -0.15) is 5.10 Å². The lowest BCUT2D eigenvalue weighted by Gasteiger charge is -2.35. The van der Waals surface area contributed by atoms with Crippen LogP contribution in [0.4, 0.5) is 0 Å². The second kappa shape index (κ2) is 7.26. The molecule has 1 aromatic heterocycles. The van der Waals surface area contributed by atoms with Crippen molar-refractivity contribution >= 4 is 5.91 Å². The van der Waals surface area contributed by atoms with Gasteiger partial charge < -0.3 is 9.80 Å². The van der Waals surface area contributed by atoms with Crippen LogP contribution in [0.5, 0.6) is 0 Å². The number of amides is 1. The Hall–Kier alpha value is -1.36. The summed E-state index contributed by atoms with van der Waals surface area (Å²) >= 11 is 0. The van der Waals surface area contributed by atoms with Crippen LogP contribution in [-0.2, 0) is 11.3 Å². The van der Waals surface area contributed by atoms with Crippen LogP contribution in [0.3, 0.4) is 0 Å². The smallest absolute Gasteiger partial charge is 0.228 e. The molecule has 1 aliphatic heterocycles. The van der Waals surface area contributed by atoms with Gasteiger partial charge in [-0.15, -0.1) is 0 Å². The van der Waals surface area contributed by atoms with E-state index in [0.29, 0.717) is 11.8 Å². The molecule has 1 aliphatic carbocycles. The van der Waals surface area contributed by atoms with Crippen molar-refractivity contribution in [3.05, 3.63) is 17.5 Å². The molecule has 24 heavy (non-hydrogen) atoms. The number of hydrogen-bond acceptors (Lipinski definition) is 3. The first kappa shape index (κ1) is 17.5. The van der Waals surface area contributed by atoms with Gasteiger partial charge in [-0.1, -0.05) is 13.3 Å². The van der Waals surface area contributed by atoms with Crippen molar-refractivity contribution in [3.63, 3.8) is 0 Å². The third-order valence-corrected chi connectivity index (χ3v) is 6.16. The highest BCUT2D eigenvalue weighted by Crippen LogP contribution is 2.48. The summed E-state index contributed by atoms with van der Waals surface area (Å²) in [5.41, 5.74) is 2.60. The van der Waals surface area contributed by atoms with Crippen LogP contribution in [0.2, 0.25) is 0 Å². The SMILES string of the molecule is CCCCN(C)Cc1cn[nH]c1C1CCC2(CC1)CCN(C)C2=O. The molecule has 1 spiro atoms. The number of rotatable bonds is 6. The van der Waals surface area contributed by atoms with Crippen LogP contribution in [0, 0.1) is 5.41 Å². The lowest BCUT2D eigenvalue weighted by atomic mass is 9.68. The van der Waals surface area contributed by atoms with Crippen molar-refractivity contribution < 1.29 is 4.79 Å². The molecule has 1 aromatic rings. The van der Waals surface area contributed by atoms with Gasteiger partial charge in [-0.05, 0) is 52.1 Å². The fraction of sp³-hybridized carbons (Fsp3) is 0.789. The van der Waals surface area contributed by atoms with Crippen molar-refractivity contribution in [2.45, 2.75) is 64.3 Å². The van der Waals surface area contributed by atoms with Gasteiger partial charge >= 0.3 is 0 Å². The van der Waals surface area contributed by atoms with Gasteiger partial charge in [0.05, 0.1) is 11.6 Å². The Bertz CT molecular complexity index is 559. The minimum Gasteiger partial charge on any atom is -0.345 e. The molecular formula is C19H32N4O. The van der Waals surface area contributed by atoms with E-state index in [-0.39, 0.29) is 5.41 Å². The molecule has 2 fully saturated rings. The molecule has 1 saturated heterocycles. The number of likely N-dealkylation sites (tertiary alicyclic amines) is 1. The van der Waals surface area contributed by atoms with E-state index in [9.17, 15) is 4.79 Å². The molecule has 2 heterocycles. The number of aromatic nitrogens is 2. The number of unbranched alkanes of at least 4 members (excludes halogenated alkanes) is 1.